The lowest BCUT2D eigenvalue weighted by Gasteiger charge is -2.42. The first-order valence-electron chi connectivity index (χ1n) is 7.62. The molecule has 3 rings (SSSR count). The van der Waals surface area contributed by atoms with Crippen molar-refractivity contribution >= 4 is 11.8 Å². The molecule has 2 fully saturated rings. The molecule has 2 aliphatic rings. The van der Waals surface area contributed by atoms with E-state index < -0.39 is 0 Å². The molecule has 1 N–H and O–H groups in total. The van der Waals surface area contributed by atoms with Gasteiger partial charge in [0.1, 0.15) is 6.61 Å². The topological polar surface area (TPSA) is 71.5 Å². The number of methoxy groups -OCH3 is 1. The average molecular weight is 303 g/mol. The van der Waals surface area contributed by atoms with Gasteiger partial charge in [0.15, 0.2) is 0 Å². The van der Waals surface area contributed by atoms with Crippen molar-refractivity contribution in [1.82, 2.24) is 15.2 Å². The van der Waals surface area contributed by atoms with E-state index >= 15 is 0 Å². The molecule has 1 atom stereocenters. The van der Waals surface area contributed by atoms with Gasteiger partial charge in [0, 0.05) is 44.9 Å². The Hall–Kier alpha value is -1.95. The molecule has 6 nitrogen and oxygen atoms in total. The van der Waals surface area contributed by atoms with E-state index in [2.05, 4.69) is 10.3 Å². The lowest BCUT2D eigenvalue weighted by Crippen LogP contribution is -2.55. The molecule has 0 saturated carbocycles. The molecular weight excluding hydrogens is 282 g/mol. The third-order valence-corrected chi connectivity index (χ3v) is 4.81. The normalized spacial score (nSPS) is 23.6. The first-order chi connectivity index (χ1) is 10.6. The summed E-state index contributed by atoms with van der Waals surface area (Å²) in [6.45, 7) is 1.42. The zero-order valence-corrected chi connectivity index (χ0v) is 12.7. The van der Waals surface area contributed by atoms with Crippen molar-refractivity contribution in [3.8, 4) is 0 Å². The van der Waals surface area contributed by atoms with E-state index in [9.17, 15) is 9.59 Å². The second-order valence-electron chi connectivity index (χ2n) is 6.06. The minimum atomic E-state index is -0.246. The van der Waals surface area contributed by atoms with Crippen LogP contribution < -0.4 is 5.32 Å². The van der Waals surface area contributed by atoms with Crippen LogP contribution in [0.25, 0.3) is 0 Å². The van der Waals surface area contributed by atoms with Crippen LogP contribution in [0, 0.1) is 0 Å². The van der Waals surface area contributed by atoms with Gasteiger partial charge in [-0.1, -0.05) is 6.07 Å². The number of nitrogens with one attached hydrogen (secondary N) is 1. The molecule has 3 heterocycles. The fourth-order valence-corrected chi connectivity index (χ4v) is 3.66. The second kappa shape index (κ2) is 6.04. The Morgan fingerprint density at radius 3 is 2.91 bits per heavy atom. The summed E-state index contributed by atoms with van der Waals surface area (Å²) in [4.78, 5) is 29.9. The first-order valence-corrected chi connectivity index (χ1v) is 7.62. The van der Waals surface area contributed by atoms with Crippen LogP contribution in [0.5, 0.6) is 0 Å². The number of nitrogens with zero attached hydrogens (tertiary/aromatic N) is 2. The minimum Gasteiger partial charge on any atom is -0.375 e. The van der Waals surface area contributed by atoms with Gasteiger partial charge in [0.2, 0.25) is 11.8 Å². The highest BCUT2D eigenvalue weighted by Crippen LogP contribution is 2.42. The van der Waals surface area contributed by atoms with Gasteiger partial charge < -0.3 is 15.0 Å². The maximum absolute atomic E-state index is 12.0. The highest BCUT2D eigenvalue weighted by Gasteiger charge is 2.49. The summed E-state index contributed by atoms with van der Waals surface area (Å²) in [5, 5.41) is 3.17. The summed E-state index contributed by atoms with van der Waals surface area (Å²) < 4.78 is 4.91. The van der Waals surface area contributed by atoms with Crippen LogP contribution in [0.3, 0.4) is 0 Å². The number of likely N-dealkylation sites (tertiary alicyclic amines) is 1. The van der Waals surface area contributed by atoms with Gasteiger partial charge in [0.25, 0.3) is 0 Å². The lowest BCUT2D eigenvalue weighted by atomic mass is 9.75. The van der Waals surface area contributed by atoms with Gasteiger partial charge in [-0.3, -0.25) is 14.6 Å². The van der Waals surface area contributed by atoms with E-state index in [0.717, 1.165) is 18.4 Å². The largest absolute Gasteiger partial charge is 0.375 e. The molecule has 0 radical (unpaired) electrons. The summed E-state index contributed by atoms with van der Waals surface area (Å²) in [5.41, 5.74) is 0.849. The number of aromatic nitrogens is 1. The summed E-state index contributed by atoms with van der Waals surface area (Å²) in [5.74, 6) is 0.235. The van der Waals surface area contributed by atoms with E-state index in [-0.39, 0.29) is 29.9 Å². The molecule has 2 saturated heterocycles. The van der Waals surface area contributed by atoms with Gasteiger partial charge in [-0.05, 0) is 24.5 Å². The third-order valence-electron chi connectivity index (χ3n) is 4.81. The molecule has 0 aliphatic carbocycles. The fraction of sp³-hybridized carbons (Fsp3) is 0.562. The predicted octanol–water partition coefficient (Wildman–Crippen LogP) is 0.693. The highest BCUT2D eigenvalue weighted by atomic mass is 16.5. The van der Waals surface area contributed by atoms with Crippen LogP contribution in [-0.4, -0.2) is 54.0 Å². The van der Waals surface area contributed by atoms with E-state index in [1.165, 1.54) is 7.11 Å². The van der Waals surface area contributed by atoms with Crippen molar-refractivity contribution in [1.29, 1.82) is 0 Å². The number of pyridine rings is 1. The monoisotopic (exact) mass is 303 g/mol. The van der Waals surface area contributed by atoms with Crippen molar-refractivity contribution < 1.29 is 14.3 Å². The van der Waals surface area contributed by atoms with Gasteiger partial charge in [-0.2, -0.15) is 0 Å². The molecule has 0 aromatic carbocycles. The summed E-state index contributed by atoms with van der Waals surface area (Å²) in [6.07, 6.45) is 5.63. The minimum absolute atomic E-state index is 0.0135. The van der Waals surface area contributed by atoms with Gasteiger partial charge >= 0.3 is 0 Å². The molecule has 1 aromatic rings. The molecule has 2 amide bonds. The highest BCUT2D eigenvalue weighted by molar-refractivity contribution is 5.82. The maximum Gasteiger partial charge on any atom is 0.248 e. The smallest absolute Gasteiger partial charge is 0.248 e. The fourth-order valence-electron chi connectivity index (χ4n) is 3.66. The SMILES string of the molecule is COCC(=O)N1CCC2(CC1)NC(=O)CC2c1cccnc1. The summed E-state index contributed by atoms with van der Waals surface area (Å²) >= 11 is 0. The van der Waals surface area contributed by atoms with Crippen molar-refractivity contribution in [2.75, 3.05) is 26.8 Å². The Labute approximate surface area is 129 Å². The Morgan fingerprint density at radius 2 is 2.27 bits per heavy atom. The molecule has 118 valence electrons. The van der Waals surface area contributed by atoms with E-state index in [1.54, 1.807) is 6.20 Å². The first kappa shape index (κ1) is 15.0. The van der Waals surface area contributed by atoms with Crippen LogP contribution in [0.2, 0.25) is 0 Å². The number of ether oxygens (including phenoxy) is 1. The molecule has 0 bridgehead atoms. The number of piperidine rings is 1. The standard InChI is InChI=1S/C16H21N3O3/c1-22-11-15(21)19-7-4-16(5-8-19)13(9-14(20)18-16)12-3-2-6-17-10-12/h2-3,6,10,13H,4-5,7-9,11H2,1H3,(H,18,20). The van der Waals surface area contributed by atoms with Gasteiger partial charge in [-0.15, -0.1) is 0 Å². The Morgan fingerprint density at radius 1 is 1.50 bits per heavy atom. The van der Waals surface area contributed by atoms with Crippen LogP contribution in [0.1, 0.15) is 30.7 Å². The zero-order chi connectivity index (χ0) is 15.6. The molecular formula is C16H21N3O3. The van der Waals surface area contributed by atoms with Crippen LogP contribution in [0.4, 0.5) is 0 Å². The lowest BCUT2D eigenvalue weighted by molar-refractivity contribution is -0.136. The Kier molecular flexibility index (Phi) is 4.11. The molecule has 2 aliphatic heterocycles. The molecule has 1 aromatic heterocycles. The second-order valence-corrected chi connectivity index (χ2v) is 6.06. The number of rotatable bonds is 3. The molecule has 22 heavy (non-hydrogen) atoms. The van der Waals surface area contributed by atoms with E-state index in [0.29, 0.717) is 19.5 Å². The summed E-state index contributed by atoms with van der Waals surface area (Å²) in [6, 6.07) is 3.94. The zero-order valence-electron chi connectivity index (χ0n) is 12.7. The average Bonchev–Trinajstić information content (AvgIpc) is 2.85. The van der Waals surface area contributed by atoms with Crippen molar-refractivity contribution in [2.24, 2.45) is 0 Å². The van der Waals surface area contributed by atoms with Crippen molar-refractivity contribution in [3.63, 3.8) is 0 Å². The molecule has 1 unspecified atom stereocenters. The molecule has 6 heteroatoms. The molecule has 1 spiro atoms. The van der Waals surface area contributed by atoms with Crippen molar-refractivity contribution in [3.05, 3.63) is 30.1 Å². The predicted molar refractivity (Wildman–Crippen MR) is 80.2 cm³/mol. The van der Waals surface area contributed by atoms with Crippen LogP contribution in [0.15, 0.2) is 24.5 Å². The third kappa shape index (κ3) is 2.70. The maximum atomic E-state index is 12.0. The quantitative estimate of drug-likeness (QED) is 0.892. The van der Waals surface area contributed by atoms with Crippen LogP contribution in [-0.2, 0) is 14.3 Å². The number of hydrogen-bond donors (Lipinski definition) is 1. The van der Waals surface area contributed by atoms with Crippen molar-refractivity contribution in [2.45, 2.75) is 30.7 Å². The number of carbonyl (C=O) groups excluding carboxylic acids is 2. The number of carbonyl (C=O) groups is 2. The van der Waals surface area contributed by atoms with E-state index in [1.807, 2.05) is 23.2 Å². The van der Waals surface area contributed by atoms with Crippen LogP contribution >= 0.6 is 0 Å². The Bertz CT molecular complexity index is 553. The van der Waals surface area contributed by atoms with Gasteiger partial charge in [-0.25, -0.2) is 0 Å². The van der Waals surface area contributed by atoms with E-state index in [4.69, 9.17) is 4.74 Å². The summed E-state index contributed by atoms with van der Waals surface area (Å²) in [7, 11) is 1.53. The Balaban J connectivity index is 1.75. The number of hydrogen-bond acceptors (Lipinski definition) is 4. The number of amides is 2. The van der Waals surface area contributed by atoms with Gasteiger partial charge in [0.05, 0.1) is 5.54 Å².